The molecule has 13 heavy (non-hydrogen) atoms. The SMILES string of the molecule is CC(C)=C1C(=O)NCC1C(C)(C)C. The molecule has 1 heterocycles. The quantitative estimate of drug-likeness (QED) is 0.570. The van der Waals surface area contributed by atoms with Gasteiger partial charge in [0.1, 0.15) is 0 Å². The van der Waals surface area contributed by atoms with Crippen molar-refractivity contribution in [2.75, 3.05) is 6.54 Å². The van der Waals surface area contributed by atoms with E-state index in [9.17, 15) is 4.79 Å². The average Bonchev–Trinajstić information content (AvgIpc) is 2.28. The summed E-state index contributed by atoms with van der Waals surface area (Å²) in [5, 5.41) is 2.91. The predicted molar refractivity (Wildman–Crippen MR) is 54.3 cm³/mol. The third-order valence-electron chi connectivity index (χ3n) is 2.64. The molecule has 0 aromatic carbocycles. The van der Waals surface area contributed by atoms with Gasteiger partial charge in [-0.3, -0.25) is 4.79 Å². The van der Waals surface area contributed by atoms with Gasteiger partial charge in [-0.2, -0.15) is 0 Å². The Morgan fingerprint density at radius 1 is 1.38 bits per heavy atom. The van der Waals surface area contributed by atoms with E-state index in [1.54, 1.807) is 0 Å². The van der Waals surface area contributed by atoms with E-state index in [-0.39, 0.29) is 11.3 Å². The van der Waals surface area contributed by atoms with E-state index in [1.165, 1.54) is 0 Å². The summed E-state index contributed by atoms with van der Waals surface area (Å²) in [5.41, 5.74) is 2.31. The fraction of sp³-hybridized carbons (Fsp3) is 0.727. The zero-order valence-electron chi connectivity index (χ0n) is 9.19. The number of carbonyl (C=O) groups is 1. The lowest BCUT2D eigenvalue weighted by atomic mass is 9.76. The summed E-state index contributed by atoms with van der Waals surface area (Å²) >= 11 is 0. The summed E-state index contributed by atoms with van der Waals surface area (Å²) in [6.45, 7) is 11.4. The van der Waals surface area contributed by atoms with Gasteiger partial charge >= 0.3 is 0 Å². The topological polar surface area (TPSA) is 29.1 Å². The van der Waals surface area contributed by atoms with Crippen LogP contribution in [0.4, 0.5) is 0 Å². The highest BCUT2D eigenvalue weighted by atomic mass is 16.2. The minimum atomic E-state index is 0.125. The van der Waals surface area contributed by atoms with E-state index < -0.39 is 0 Å². The standard InChI is InChI=1S/C11H19NO/c1-7(2)9-8(11(3,4)5)6-12-10(9)13/h8H,6H2,1-5H3,(H,12,13). The van der Waals surface area contributed by atoms with Crippen molar-refractivity contribution in [3.05, 3.63) is 11.1 Å². The van der Waals surface area contributed by atoms with E-state index in [4.69, 9.17) is 0 Å². The smallest absolute Gasteiger partial charge is 0.247 e. The van der Waals surface area contributed by atoms with Gasteiger partial charge in [-0.15, -0.1) is 0 Å². The van der Waals surface area contributed by atoms with E-state index in [1.807, 2.05) is 13.8 Å². The lowest BCUT2D eigenvalue weighted by Crippen LogP contribution is -2.23. The number of amides is 1. The van der Waals surface area contributed by atoms with Crippen LogP contribution in [0.3, 0.4) is 0 Å². The zero-order valence-corrected chi connectivity index (χ0v) is 9.19. The first-order chi connectivity index (χ1) is 5.84. The number of carbonyl (C=O) groups excluding carboxylic acids is 1. The first-order valence-electron chi connectivity index (χ1n) is 4.79. The van der Waals surface area contributed by atoms with Crippen LogP contribution in [0.25, 0.3) is 0 Å². The second-order valence-electron chi connectivity index (χ2n) is 5.04. The molecule has 0 bridgehead atoms. The summed E-state index contributed by atoms with van der Waals surface area (Å²) < 4.78 is 0. The van der Waals surface area contributed by atoms with Gasteiger partial charge in [0.05, 0.1) is 0 Å². The summed E-state index contributed by atoms with van der Waals surface area (Å²) in [6, 6.07) is 0. The summed E-state index contributed by atoms with van der Waals surface area (Å²) in [7, 11) is 0. The molecule has 1 amide bonds. The van der Waals surface area contributed by atoms with Crippen molar-refractivity contribution < 1.29 is 4.79 Å². The first-order valence-corrected chi connectivity index (χ1v) is 4.79. The number of hydrogen-bond donors (Lipinski definition) is 1. The molecule has 1 unspecified atom stereocenters. The molecule has 0 radical (unpaired) electrons. The van der Waals surface area contributed by atoms with Crippen LogP contribution in [0, 0.1) is 11.3 Å². The highest BCUT2D eigenvalue weighted by Gasteiger charge is 2.36. The van der Waals surface area contributed by atoms with E-state index in [0.717, 1.165) is 17.7 Å². The van der Waals surface area contributed by atoms with Gasteiger partial charge in [0.15, 0.2) is 0 Å². The molecule has 74 valence electrons. The Morgan fingerprint density at radius 2 is 1.92 bits per heavy atom. The molecule has 1 atom stereocenters. The van der Waals surface area contributed by atoms with Gasteiger partial charge in [0.25, 0.3) is 0 Å². The Labute approximate surface area is 80.4 Å². The van der Waals surface area contributed by atoms with Crippen LogP contribution in [0.1, 0.15) is 34.6 Å². The number of allylic oxidation sites excluding steroid dienone is 1. The summed E-state index contributed by atoms with van der Waals surface area (Å²) in [5.74, 6) is 0.491. The molecular formula is C11H19NO. The maximum Gasteiger partial charge on any atom is 0.247 e. The molecule has 0 spiro atoms. The zero-order chi connectivity index (χ0) is 10.2. The molecule has 1 N–H and O–H groups in total. The van der Waals surface area contributed by atoms with E-state index in [2.05, 4.69) is 26.1 Å². The minimum absolute atomic E-state index is 0.125. The molecule has 1 rings (SSSR count). The van der Waals surface area contributed by atoms with Crippen LogP contribution < -0.4 is 5.32 Å². The molecule has 2 heteroatoms. The Morgan fingerprint density at radius 3 is 2.23 bits per heavy atom. The number of rotatable bonds is 0. The summed E-state index contributed by atoms with van der Waals surface area (Å²) in [6.07, 6.45) is 0. The van der Waals surface area contributed by atoms with Crippen molar-refractivity contribution in [3.8, 4) is 0 Å². The fourth-order valence-electron chi connectivity index (χ4n) is 1.87. The predicted octanol–water partition coefficient (Wildman–Crippen LogP) is 2.11. The van der Waals surface area contributed by atoms with Gasteiger partial charge in [-0.05, 0) is 19.3 Å². The van der Waals surface area contributed by atoms with Crippen molar-refractivity contribution in [3.63, 3.8) is 0 Å². The van der Waals surface area contributed by atoms with Crippen LogP contribution in [0.15, 0.2) is 11.1 Å². The average molecular weight is 181 g/mol. The Balaban J connectivity index is 3.03. The van der Waals surface area contributed by atoms with E-state index in [0.29, 0.717) is 5.92 Å². The lowest BCUT2D eigenvalue weighted by Gasteiger charge is -2.27. The summed E-state index contributed by atoms with van der Waals surface area (Å²) in [4.78, 5) is 11.5. The molecule has 0 aromatic rings. The molecular weight excluding hydrogens is 162 g/mol. The molecule has 0 saturated carbocycles. The molecule has 1 aliphatic rings. The molecule has 1 aliphatic heterocycles. The maximum atomic E-state index is 11.5. The van der Waals surface area contributed by atoms with Crippen molar-refractivity contribution in [1.29, 1.82) is 0 Å². The van der Waals surface area contributed by atoms with Gasteiger partial charge in [-0.25, -0.2) is 0 Å². The third kappa shape index (κ3) is 1.93. The second kappa shape index (κ2) is 3.17. The Hall–Kier alpha value is -0.790. The highest BCUT2D eigenvalue weighted by molar-refractivity contribution is 5.97. The van der Waals surface area contributed by atoms with Gasteiger partial charge in [0.2, 0.25) is 5.91 Å². The van der Waals surface area contributed by atoms with Crippen LogP contribution in [-0.4, -0.2) is 12.5 Å². The van der Waals surface area contributed by atoms with Crippen molar-refractivity contribution in [2.45, 2.75) is 34.6 Å². The van der Waals surface area contributed by atoms with Crippen molar-refractivity contribution in [1.82, 2.24) is 5.32 Å². The fourth-order valence-corrected chi connectivity index (χ4v) is 1.87. The van der Waals surface area contributed by atoms with Crippen LogP contribution >= 0.6 is 0 Å². The van der Waals surface area contributed by atoms with Crippen molar-refractivity contribution in [2.24, 2.45) is 11.3 Å². The number of nitrogens with one attached hydrogen (secondary N) is 1. The third-order valence-corrected chi connectivity index (χ3v) is 2.64. The van der Waals surface area contributed by atoms with E-state index >= 15 is 0 Å². The first kappa shape index (κ1) is 10.3. The monoisotopic (exact) mass is 181 g/mol. The lowest BCUT2D eigenvalue weighted by molar-refractivity contribution is -0.116. The Kier molecular flexibility index (Phi) is 2.51. The van der Waals surface area contributed by atoms with Crippen LogP contribution in [-0.2, 0) is 4.79 Å². The van der Waals surface area contributed by atoms with Gasteiger partial charge < -0.3 is 5.32 Å². The molecule has 2 nitrogen and oxygen atoms in total. The normalized spacial score (nSPS) is 23.3. The number of hydrogen-bond acceptors (Lipinski definition) is 1. The van der Waals surface area contributed by atoms with Gasteiger partial charge in [-0.1, -0.05) is 26.3 Å². The molecule has 1 saturated heterocycles. The maximum absolute atomic E-state index is 11.5. The van der Waals surface area contributed by atoms with Gasteiger partial charge in [0, 0.05) is 18.0 Å². The molecule has 1 fully saturated rings. The molecule has 0 aliphatic carbocycles. The van der Waals surface area contributed by atoms with Crippen molar-refractivity contribution >= 4 is 5.91 Å². The largest absolute Gasteiger partial charge is 0.352 e. The molecule has 0 aromatic heterocycles. The van der Waals surface area contributed by atoms with Crippen LogP contribution in [0.5, 0.6) is 0 Å². The highest BCUT2D eigenvalue weighted by Crippen LogP contribution is 2.35. The minimum Gasteiger partial charge on any atom is -0.352 e. The second-order valence-corrected chi connectivity index (χ2v) is 5.04. The van der Waals surface area contributed by atoms with Crippen LogP contribution in [0.2, 0.25) is 0 Å². The Bertz CT molecular complexity index is 254.